The van der Waals surface area contributed by atoms with Crippen LogP contribution in [0.2, 0.25) is 0 Å². The van der Waals surface area contributed by atoms with Gasteiger partial charge in [-0.3, -0.25) is 4.79 Å². The van der Waals surface area contributed by atoms with Crippen LogP contribution in [0, 0.1) is 6.92 Å². The minimum atomic E-state index is -0.0267. The standard InChI is InChI=1S/C17H25N3OS/c1-5-17(3,4)19-16(22)18-13-8-9-14(12(2)11-13)20-10-6-7-15(20)21/h8-9,11H,5-7,10H2,1-4H3,(H2,18,19,22). The maximum absolute atomic E-state index is 11.9. The second-order valence-corrected chi connectivity index (χ2v) is 6.88. The number of carbonyl (C=O) groups is 1. The molecule has 0 aromatic heterocycles. The zero-order valence-corrected chi connectivity index (χ0v) is 14.6. The van der Waals surface area contributed by atoms with Crippen LogP contribution in [0.3, 0.4) is 0 Å². The highest BCUT2D eigenvalue weighted by Gasteiger charge is 2.23. The van der Waals surface area contributed by atoms with Crippen molar-refractivity contribution in [3.05, 3.63) is 23.8 Å². The number of carbonyl (C=O) groups excluding carboxylic acids is 1. The first kappa shape index (κ1) is 16.7. The number of aryl methyl sites for hydroxylation is 1. The molecule has 1 aliphatic rings. The number of nitrogens with one attached hydrogen (secondary N) is 2. The molecule has 4 nitrogen and oxygen atoms in total. The molecule has 1 fully saturated rings. The zero-order chi connectivity index (χ0) is 16.3. The zero-order valence-electron chi connectivity index (χ0n) is 13.8. The van der Waals surface area contributed by atoms with Crippen LogP contribution in [-0.4, -0.2) is 23.1 Å². The Morgan fingerprint density at radius 2 is 2.14 bits per heavy atom. The van der Waals surface area contributed by atoms with E-state index >= 15 is 0 Å². The molecular formula is C17H25N3OS. The van der Waals surface area contributed by atoms with E-state index in [2.05, 4.69) is 31.4 Å². The lowest BCUT2D eigenvalue weighted by Gasteiger charge is -2.26. The van der Waals surface area contributed by atoms with E-state index in [9.17, 15) is 4.79 Å². The molecule has 1 saturated heterocycles. The van der Waals surface area contributed by atoms with Crippen molar-refractivity contribution >= 4 is 34.6 Å². The molecule has 0 bridgehead atoms. The van der Waals surface area contributed by atoms with E-state index in [-0.39, 0.29) is 11.4 Å². The van der Waals surface area contributed by atoms with Crippen LogP contribution in [0.15, 0.2) is 18.2 Å². The Balaban J connectivity index is 2.06. The summed E-state index contributed by atoms with van der Waals surface area (Å²) in [6.07, 6.45) is 2.59. The molecule has 120 valence electrons. The number of benzene rings is 1. The van der Waals surface area contributed by atoms with E-state index in [1.807, 2.05) is 30.0 Å². The van der Waals surface area contributed by atoms with Crippen LogP contribution in [0.5, 0.6) is 0 Å². The monoisotopic (exact) mass is 319 g/mol. The first-order valence-corrected chi connectivity index (χ1v) is 8.23. The largest absolute Gasteiger partial charge is 0.358 e. The summed E-state index contributed by atoms with van der Waals surface area (Å²) in [5.41, 5.74) is 3.00. The van der Waals surface area contributed by atoms with Gasteiger partial charge in [-0.05, 0) is 69.6 Å². The Labute approximate surface area is 138 Å². The molecule has 2 N–H and O–H groups in total. The average Bonchev–Trinajstić information content (AvgIpc) is 2.84. The highest BCUT2D eigenvalue weighted by molar-refractivity contribution is 7.80. The first-order chi connectivity index (χ1) is 10.3. The Kier molecular flexibility index (Phi) is 5.06. The molecule has 0 atom stereocenters. The van der Waals surface area contributed by atoms with Crippen LogP contribution < -0.4 is 15.5 Å². The maximum atomic E-state index is 11.9. The molecule has 0 aliphatic carbocycles. The van der Waals surface area contributed by atoms with E-state index in [1.54, 1.807) is 0 Å². The Morgan fingerprint density at radius 3 is 2.68 bits per heavy atom. The van der Waals surface area contributed by atoms with E-state index in [1.165, 1.54) is 0 Å². The minimum absolute atomic E-state index is 0.0267. The summed E-state index contributed by atoms with van der Waals surface area (Å²) in [7, 11) is 0. The second-order valence-electron chi connectivity index (χ2n) is 6.47. The summed E-state index contributed by atoms with van der Waals surface area (Å²) in [6.45, 7) is 9.21. The van der Waals surface area contributed by atoms with Gasteiger partial charge in [-0.1, -0.05) is 6.92 Å². The van der Waals surface area contributed by atoms with Gasteiger partial charge in [0.1, 0.15) is 0 Å². The van der Waals surface area contributed by atoms with Gasteiger partial charge in [0, 0.05) is 29.9 Å². The molecule has 2 rings (SSSR count). The summed E-state index contributed by atoms with van der Waals surface area (Å²) in [5, 5.41) is 7.15. The molecule has 0 saturated carbocycles. The summed E-state index contributed by atoms with van der Waals surface area (Å²) in [6, 6.07) is 6.00. The van der Waals surface area contributed by atoms with E-state index in [4.69, 9.17) is 12.2 Å². The van der Waals surface area contributed by atoms with Crippen molar-refractivity contribution in [2.75, 3.05) is 16.8 Å². The fourth-order valence-corrected chi connectivity index (χ4v) is 2.89. The maximum Gasteiger partial charge on any atom is 0.227 e. The van der Waals surface area contributed by atoms with Crippen LogP contribution in [0.25, 0.3) is 0 Å². The summed E-state index contributed by atoms with van der Waals surface area (Å²) < 4.78 is 0. The number of hydrogen-bond donors (Lipinski definition) is 2. The Morgan fingerprint density at radius 1 is 1.41 bits per heavy atom. The van der Waals surface area contributed by atoms with Gasteiger partial charge in [-0.2, -0.15) is 0 Å². The van der Waals surface area contributed by atoms with Crippen molar-refractivity contribution in [1.29, 1.82) is 0 Å². The third kappa shape index (κ3) is 3.97. The fraction of sp³-hybridized carbons (Fsp3) is 0.529. The Bertz CT molecular complexity index is 583. The lowest BCUT2D eigenvalue weighted by atomic mass is 10.0. The van der Waals surface area contributed by atoms with Crippen molar-refractivity contribution in [3.63, 3.8) is 0 Å². The average molecular weight is 319 g/mol. The molecule has 5 heteroatoms. The Hall–Kier alpha value is -1.62. The van der Waals surface area contributed by atoms with Crippen molar-refractivity contribution in [1.82, 2.24) is 5.32 Å². The van der Waals surface area contributed by atoms with Crippen LogP contribution in [0.1, 0.15) is 45.6 Å². The van der Waals surface area contributed by atoms with E-state index in [0.717, 1.165) is 36.3 Å². The number of thiocarbonyl (C=S) groups is 1. The van der Waals surface area contributed by atoms with Gasteiger partial charge in [0.05, 0.1) is 0 Å². The van der Waals surface area contributed by atoms with Gasteiger partial charge < -0.3 is 15.5 Å². The number of anilines is 2. The number of amides is 1. The van der Waals surface area contributed by atoms with Crippen LogP contribution in [-0.2, 0) is 4.79 Å². The van der Waals surface area contributed by atoms with Crippen molar-refractivity contribution in [3.8, 4) is 0 Å². The summed E-state index contributed by atoms with van der Waals surface area (Å²) >= 11 is 5.37. The van der Waals surface area contributed by atoms with Gasteiger partial charge in [0.2, 0.25) is 5.91 Å². The second kappa shape index (κ2) is 6.65. The van der Waals surface area contributed by atoms with Gasteiger partial charge in [-0.25, -0.2) is 0 Å². The van der Waals surface area contributed by atoms with Gasteiger partial charge in [-0.15, -0.1) is 0 Å². The number of rotatable bonds is 4. The lowest BCUT2D eigenvalue weighted by molar-refractivity contribution is -0.117. The van der Waals surface area contributed by atoms with Crippen LogP contribution in [0.4, 0.5) is 11.4 Å². The van der Waals surface area contributed by atoms with Crippen molar-refractivity contribution in [2.24, 2.45) is 0 Å². The quantitative estimate of drug-likeness (QED) is 0.832. The number of nitrogens with zero attached hydrogens (tertiary/aromatic N) is 1. The molecule has 1 heterocycles. The molecule has 0 radical (unpaired) electrons. The highest BCUT2D eigenvalue weighted by atomic mass is 32.1. The smallest absolute Gasteiger partial charge is 0.227 e. The number of hydrogen-bond acceptors (Lipinski definition) is 2. The van der Waals surface area contributed by atoms with Crippen molar-refractivity contribution < 1.29 is 4.79 Å². The van der Waals surface area contributed by atoms with E-state index in [0.29, 0.717) is 11.5 Å². The van der Waals surface area contributed by atoms with Gasteiger partial charge in [0.25, 0.3) is 0 Å². The highest BCUT2D eigenvalue weighted by Crippen LogP contribution is 2.27. The third-order valence-electron chi connectivity index (χ3n) is 4.15. The summed E-state index contributed by atoms with van der Waals surface area (Å²) in [4.78, 5) is 13.7. The molecule has 1 aliphatic heterocycles. The fourth-order valence-electron chi connectivity index (χ4n) is 2.50. The van der Waals surface area contributed by atoms with Gasteiger partial charge in [0.15, 0.2) is 5.11 Å². The van der Waals surface area contributed by atoms with E-state index < -0.39 is 0 Å². The molecule has 1 amide bonds. The molecule has 1 aromatic rings. The first-order valence-electron chi connectivity index (χ1n) is 7.82. The SMILES string of the molecule is CCC(C)(C)NC(=S)Nc1ccc(N2CCCC2=O)c(C)c1. The minimum Gasteiger partial charge on any atom is -0.358 e. The molecule has 22 heavy (non-hydrogen) atoms. The predicted octanol–water partition coefficient (Wildman–Crippen LogP) is 3.60. The molecular weight excluding hydrogens is 294 g/mol. The van der Waals surface area contributed by atoms with Crippen LogP contribution >= 0.6 is 12.2 Å². The molecule has 1 aromatic carbocycles. The topological polar surface area (TPSA) is 44.4 Å². The third-order valence-corrected chi connectivity index (χ3v) is 4.36. The summed E-state index contributed by atoms with van der Waals surface area (Å²) in [5.74, 6) is 0.214. The predicted molar refractivity (Wildman–Crippen MR) is 96.5 cm³/mol. The normalized spacial score (nSPS) is 15.1. The van der Waals surface area contributed by atoms with Gasteiger partial charge >= 0.3 is 0 Å². The lowest BCUT2D eigenvalue weighted by Crippen LogP contribution is -2.44. The molecule has 0 spiro atoms. The van der Waals surface area contributed by atoms with Crippen molar-refractivity contribution in [2.45, 2.75) is 52.5 Å². The molecule has 0 unspecified atom stereocenters.